The van der Waals surface area contributed by atoms with E-state index >= 15 is 0 Å². The van der Waals surface area contributed by atoms with Crippen LogP contribution in [0, 0.1) is 0 Å². The Morgan fingerprint density at radius 1 is 1.19 bits per heavy atom. The molecular formula is C19H23ClN2O5. The van der Waals surface area contributed by atoms with Crippen LogP contribution in [-0.2, 0) is 23.9 Å². The van der Waals surface area contributed by atoms with Gasteiger partial charge in [-0.3, -0.25) is 24.1 Å². The second-order valence-corrected chi connectivity index (χ2v) is 6.98. The SMILES string of the molecule is CC(C)OC(=O)C[C@@H](NC(=O)CCN1C(=O)CCC1=O)c1ccccc1Cl. The minimum atomic E-state index is -0.664. The Balaban J connectivity index is 2.03. The van der Waals surface area contributed by atoms with Crippen molar-refractivity contribution in [3.63, 3.8) is 0 Å². The van der Waals surface area contributed by atoms with Crippen molar-refractivity contribution in [3.8, 4) is 0 Å². The molecule has 1 aliphatic rings. The normalized spacial score (nSPS) is 15.2. The largest absolute Gasteiger partial charge is 0.463 e. The highest BCUT2D eigenvalue weighted by atomic mass is 35.5. The van der Waals surface area contributed by atoms with Gasteiger partial charge >= 0.3 is 5.97 Å². The van der Waals surface area contributed by atoms with E-state index in [0.717, 1.165) is 4.90 Å². The van der Waals surface area contributed by atoms with E-state index < -0.39 is 12.0 Å². The Labute approximate surface area is 163 Å². The number of amides is 3. The summed E-state index contributed by atoms with van der Waals surface area (Å²) in [6, 6.07) is 6.24. The number of likely N-dealkylation sites (tertiary alicyclic amines) is 1. The Morgan fingerprint density at radius 2 is 1.81 bits per heavy atom. The second kappa shape index (κ2) is 9.50. The van der Waals surface area contributed by atoms with Crippen LogP contribution in [0.2, 0.25) is 5.02 Å². The molecule has 0 bridgehead atoms. The average Bonchev–Trinajstić information content (AvgIpc) is 2.90. The molecular weight excluding hydrogens is 372 g/mol. The van der Waals surface area contributed by atoms with E-state index in [4.69, 9.17) is 16.3 Å². The van der Waals surface area contributed by atoms with Crippen molar-refractivity contribution < 1.29 is 23.9 Å². The molecule has 1 aromatic carbocycles. The summed E-state index contributed by atoms with van der Waals surface area (Å²) in [5, 5.41) is 3.18. The molecule has 0 radical (unpaired) electrons. The highest BCUT2D eigenvalue weighted by Gasteiger charge is 2.29. The molecule has 0 unspecified atom stereocenters. The van der Waals surface area contributed by atoms with Gasteiger partial charge in [-0.15, -0.1) is 0 Å². The molecule has 1 aliphatic heterocycles. The van der Waals surface area contributed by atoms with Gasteiger partial charge in [0, 0.05) is 30.8 Å². The maximum Gasteiger partial charge on any atom is 0.308 e. The summed E-state index contributed by atoms with van der Waals surface area (Å²) in [5.41, 5.74) is 0.599. The van der Waals surface area contributed by atoms with E-state index in [0.29, 0.717) is 10.6 Å². The van der Waals surface area contributed by atoms with Gasteiger partial charge in [-0.2, -0.15) is 0 Å². The van der Waals surface area contributed by atoms with E-state index in [1.165, 1.54) is 0 Å². The van der Waals surface area contributed by atoms with Crippen molar-refractivity contribution in [1.29, 1.82) is 0 Å². The first-order chi connectivity index (χ1) is 12.8. The zero-order valence-corrected chi connectivity index (χ0v) is 16.1. The van der Waals surface area contributed by atoms with Crippen LogP contribution in [0.3, 0.4) is 0 Å². The van der Waals surface area contributed by atoms with Gasteiger partial charge < -0.3 is 10.1 Å². The summed E-state index contributed by atoms with van der Waals surface area (Å²) >= 11 is 6.21. The van der Waals surface area contributed by atoms with Crippen molar-refractivity contribution in [2.45, 2.75) is 51.7 Å². The minimum absolute atomic E-state index is 0.0230. The summed E-state index contributed by atoms with van der Waals surface area (Å²) in [6.07, 6.45) is -0.0207. The highest BCUT2D eigenvalue weighted by molar-refractivity contribution is 6.31. The van der Waals surface area contributed by atoms with Gasteiger partial charge in [-0.25, -0.2) is 0 Å². The van der Waals surface area contributed by atoms with Gasteiger partial charge in [-0.1, -0.05) is 29.8 Å². The fourth-order valence-electron chi connectivity index (χ4n) is 2.83. The first-order valence-corrected chi connectivity index (χ1v) is 9.22. The number of carbonyl (C=O) groups is 4. The Bertz CT molecular complexity index is 719. The number of rotatable bonds is 8. The van der Waals surface area contributed by atoms with Crippen molar-refractivity contribution in [2.75, 3.05) is 6.54 Å². The van der Waals surface area contributed by atoms with E-state index in [1.54, 1.807) is 38.1 Å². The van der Waals surface area contributed by atoms with Crippen LogP contribution in [0.4, 0.5) is 0 Å². The number of hydrogen-bond donors (Lipinski definition) is 1. The van der Waals surface area contributed by atoms with Gasteiger partial charge in [0.1, 0.15) is 0 Å². The summed E-state index contributed by atoms with van der Waals surface area (Å²) in [7, 11) is 0. The van der Waals surface area contributed by atoms with Crippen LogP contribution >= 0.6 is 11.6 Å². The third kappa shape index (κ3) is 6.06. The number of halogens is 1. The molecule has 0 spiro atoms. The number of ether oxygens (including phenoxy) is 1. The Hall–Kier alpha value is -2.41. The quantitative estimate of drug-likeness (QED) is 0.539. The maximum absolute atomic E-state index is 12.4. The molecule has 2 rings (SSSR count). The van der Waals surface area contributed by atoms with Gasteiger partial charge in [0.15, 0.2) is 0 Å². The lowest BCUT2D eigenvalue weighted by molar-refractivity contribution is -0.148. The fourth-order valence-corrected chi connectivity index (χ4v) is 3.09. The van der Waals surface area contributed by atoms with Crippen molar-refractivity contribution in [2.24, 2.45) is 0 Å². The van der Waals surface area contributed by atoms with E-state index in [1.807, 2.05) is 0 Å². The highest BCUT2D eigenvalue weighted by Crippen LogP contribution is 2.26. The molecule has 1 fully saturated rings. The molecule has 0 aromatic heterocycles. The number of hydrogen-bond acceptors (Lipinski definition) is 5. The number of imide groups is 1. The van der Waals surface area contributed by atoms with Crippen LogP contribution < -0.4 is 5.32 Å². The zero-order valence-electron chi connectivity index (χ0n) is 15.4. The fraction of sp³-hybridized carbons (Fsp3) is 0.474. The molecule has 1 atom stereocenters. The zero-order chi connectivity index (χ0) is 20.0. The van der Waals surface area contributed by atoms with Crippen molar-refractivity contribution in [3.05, 3.63) is 34.9 Å². The summed E-state index contributed by atoms with van der Waals surface area (Å²) < 4.78 is 5.16. The number of carbonyl (C=O) groups excluding carboxylic acids is 4. The van der Waals surface area contributed by atoms with Crippen LogP contribution in [0.1, 0.15) is 51.1 Å². The standard InChI is InChI=1S/C19H23ClN2O5/c1-12(2)27-19(26)11-15(13-5-3-4-6-14(13)20)21-16(23)9-10-22-17(24)7-8-18(22)25/h3-6,12,15H,7-11H2,1-2H3,(H,21,23)/t15-/m1/s1. The number of benzene rings is 1. The predicted octanol–water partition coefficient (Wildman–Crippen LogP) is 2.38. The first-order valence-electron chi connectivity index (χ1n) is 8.84. The number of nitrogens with zero attached hydrogens (tertiary/aromatic N) is 1. The molecule has 7 nitrogen and oxygen atoms in total. The molecule has 1 N–H and O–H groups in total. The smallest absolute Gasteiger partial charge is 0.308 e. The summed E-state index contributed by atoms with van der Waals surface area (Å²) in [6.45, 7) is 3.51. The van der Waals surface area contributed by atoms with E-state index in [-0.39, 0.29) is 56.1 Å². The molecule has 27 heavy (non-hydrogen) atoms. The number of nitrogens with one attached hydrogen (secondary N) is 1. The van der Waals surface area contributed by atoms with Crippen molar-refractivity contribution >= 4 is 35.3 Å². The summed E-state index contributed by atoms with van der Waals surface area (Å²) in [5.74, 6) is -1.38. The van der Waals surface area contributed by atoms with Gasteiger partial charge in [0.25, 0.3) is 0 Å². The molecule has 146 valence electrons. The molecule has 1 heterocycles. The van der Waals surface area contributed by atoms with Crippen LogP contribution in [0.15, 0.2) is 24.3 Å². The van der Waals surface area contributed by atoms with Crippen molar-refractivity contribution in [1.82, 2.24) is 10.2 Å². The molecule has 3 amide bonds. The second-order valence-electron chi connectivity index (χ2n) is 6.57. The third-order valence-electron chi connectivity index (χ3n) is 4.07. The lowest BCUT2D eigenvalue weighted by atomic mass is 10.0. The van der Waals surface area contributed by atoms with E-state index in [2.05, 4.69) is 5.32 Å². The van der Waals surface area contributed by atoms with Gasteiger partial charge in [0.05, 0.1) is 18.6 Å². The maximum atomic E-state index is 12.4. The lowest BCUT2D eigenvalue weighted by Gasteiger charge is -2.21. The molecule has 0 aliphatic carbocycles. The van der Waals surface area contributed by atoms with Gasteiger partial charge in [0.2, 0.25) is 17.7 Å². The molecule has 0 saturated carbocycles. The van der Waals surface area contributed by atoms with Crippen LogP contribution in [0.25, 0.3) is 0 Å². The topological polar surface area (TPSA) is 92.8 Å². The molecule has 8 heteroatoms. The summed E-state index contributed by atoms with van der Waals surface area (Å²) in [4.78, 5) is 48.8. The Morgan fingerprint density at radius 3 is 2.41 bits per heavy atom. The monoisotopic (exact) mass is 394 g/mol. The number of esters is 1. The predicted molar refractivity (Wildman–Crippen MR) is 98.8 cm³/mol. The first kappa shape index (κ1) is 20.9. The average molecular weight is 395 g/mol. The van der Waals surface area contributed by atoms with Gasteiger partial charge in [-0.05, 0) is 25.5 Å². The lowest BCUT2D eigenvalue weighted by Crippen LogP contribution is -2.36. The van der Waals surface area contributed by atoms with E-state index in [9.17, 15) is 19.2 Å². The Kier molecular flexibility index (Phi) is 7.36. The minimum Gasteiger partial charge on any atom is -0.463 e. The molecule has 1 aromatic rings. The van der Waals surface area contributed by atoms with Crippen LogP contribution in [-0.4, -0.2) is 41.2 Å². The van der Waals surface area contributed by atoms with Crippen LogP contribution in [0.5, 0.6) is 0 Å². The molecule has 1 saturated heterocycles. The third-order valence-corrected chi connectivity index (χ3v) is 4.42.